The average Bonchev–Trinajstić information content (AvgIpc) is 2.56. The van der Waals surface area contributed by atoms with Crippen LogP contribution < -0.4 is 16.2 Å². The third-order valence-electron chi connectivity index (χ3n) is 2.87. The van der Waals surface area contributed by atoms with E-state index in [-0.39, 0.29) is 28.0 Å². The predicted octanol–water partition coefficient (Wildman–Crippen LogP) is 1.30. The van der Waals surface area contributed by atoms with Crippen molar-refractivity contribution >= 4 is 41.1 Å². The summed E-state index contributed by atoms with van der Waals surface area (Å²) in [5, 5.41) is 13.2. The smallest absolute Gasteiger partial charge is 0.313 e. The fraction of sp³-hybridized carbons (Fsp3) is 0.133. The van der Waals surface area contributed by atoms with Gasteiger partial charge in [-0.05, 0) is 24.3 Å². The van der Waals surface area contributed by atoms with Crippen LogP contribution in [0.5, 0.6) is 0 Å². The lowest BCUT2D eigenvalue weighted by Gasteiger charge is -2.11. The Kier molecular flexibility index (Phi) is 6.07. The van der Waals surface area contributed by atoms with Crippen molar-refractivity contribution in [2.75, 3.05) is 16.4 Å². The van der Waals surface area contributed by atoms with E-state index in [1.807, 2.05) is 0 Å². The highest BCUT2D eigenvalue weighted by molar-refractivity contribution is 7.99. The topological polar surface area (TPSA) is 141 Å². The van der Waals surface area contributed by atoms with Crippen LogP contribution in [0.4, 0.5) is 15.9 Å². The number of aliphatic carboxylic acids is 1. The molecule has 0 unspecified atom stereocenters. The van der Waals surface area contributed by atoms with Gasteiger partial charge in [0.25, 0.3) is 11.5 Å². The number of thioether (sulfide) groups is 1. The van der Waals surface area contributed by atoms with Crippen LogP contribution in [0, 0.1) is 5.82 Å². The maximum Gasteiger partial charge on any atom is 0.313 e. The van der Waals surface area contributed by atoms with Gasteiger partial charge in [0, 0.05) is 12.5 Å². The molecule has 26 heavy (non-hydrogen) atoms. The fourth-order valence-corrected chi connectivity index (χ4v) is 2.39. The molecule has 0 saturated heterocycles. The molecule has 2 amide bonds. The molecule has 2 rings (SSSR count). The van der Waals surface area contributed by atoms with Crippen LogP contribution in [-0.2, 0) is 9.59 Å². The average molecular weight is 380 g/mol. The number of amides is 2. The van der Waals surface area contributed by atoms with E-state index in [9.17, 15) is 23.6 Å². The van der Waals surface area contributed by atoms with Crippen LogP contribution in [-0.4, -0.2) is 38.6 Å². The molecule has 1 aromatic carbocycles. The number of halogens is 1. The quantitative estimate of drug-likeness (QED) is 0.437. The van der Waals surface area contributed by atoms with Crippen molar-refractivity contribution in [3.05, 3.63) is 46.0 Å². The van der Waals surface area contributed by atoms with Crippen molar-refractivity contribution in [3.8, 4) is 0 Å². The molecule has 1 aromatic heterocycles. The van der Waals surface area contributed by atoms with Crippen molar-refractivity contribution in [3.63, 3.8) is 0 Å². The first-order valence-electron chi connectivity index (χ1n) is 7.09. The first-order valence-corrected chi connectivity index (χ1v) is 8.08. The standard InChI is InChI=1S/C15H13FN4O5S/c1-7(21)17-12-11(14(25)20-15(19-12)26-6-10(22)23)18-13(24)8-2-4-9(16)5-3-8/h2-5H,6H2,1H3,(H,18,24)(H,22,23)(H2,17,19,20,21,25). The summed E-state index contributed by atoms with van der Waals surface area (Å²) >= 11 is 0.738. The maximum atomic E-state index is 12.9. The molecule has 0 aliphatic carbocycles. The zero-order valence-electron chi connectivity index (χ0n) is 13.3. The minimum absolute atomic E-state index is 0.0408. The van der Waals surface area contributed by atoms with Gasteiger partial charge in [0.05, 0.1) is 5.75 Å². The minimum Gasteiger partial charge on any atom is -0.481 e. The number of nitrogens with zero attached hydrogens (tertiary/aromatic N) is 1. The van der Waals surface area contributed by atoms with E-state index in [2.05, 4.69) is 20.6 Å². The monoisotopic (exact) mass is 380 g/mol. The van der Waals surface area contributed by atoms with Crippen LogP contribution in [0.1, 0.15) is 17.3 Å². The molecular weight excluding hydrogens is 367 g/mol. The number of anilines is 2. The molecule has 11 heteroatoms. The highest BCUT2D eigenvalue weighted by atomic mass is 32.2. The molecular formula is C15H13FN4O5S. The number of rotatable bonds is 6. The number of nitrogens with one attached hydrogen (secondary N) is 3. The van der Waals surface area contributed by atoms with E-state index >= 15 is 0 Å². The Hall–Kier alpha value is -3.21. The summed E-state index contributed by atoms with van der Waals surface area (Å²) in [4.78, 5) is 52.6. The Morgan fingerprint density at radius 2 is 1.88 bits per heavy atom. The highest BCUT2D eigenvalue weighted by Gasteiger charge is 2.17. The van der Waals surface area contributed by atoms with Gasteiger partial charge in [0.1, 0.15) is 5.82 Å². The number of aromatic amines is 1. The number of carbonyl (C=O) groups is 3. The van der Waals surface area contributed by atoms with Crippen LogP contribution >= 0.6 is 11.8 Å². The number of hydrogen-bond acceptors (Lipinski definition) is 6. The van der Waals surface area contributed by atoms with Gasteiger partial charge < -0.3 is 15.7 Å². The summed E-state index contributed by atoms with van der Waals surface area (Å²) < 4.78 is 12.9. The number of carbonyl (C=O) groups excluding carboxylic acids is 2. The summed E-state index contributed by atoms with van der Waals surface area (Å²) in [6.07, 6.45) is 0. The van der Waals surface area contributed by atoms with Crippen LogP contribution in [0.2, 0.25) is 0 Å². The minimum atomic E-state index is -1.12. The van der Waals surface area contributed by atoms with Gasteiger partial charge in [0.15, 0.2) is 16.7 Å². The molecule has 4 N–H and O–H groups in total. The van der Waals surface area contributed by atoms with E-state index in [1.54, 1.807) is 0 Å². The molecule has 2 aromatic rings. The number of H-pyrrole nitrogens is 1. The number of hydrogen-bond donors (Lipinski definition) is 4. The lowest BCUT2D eigenvalue weighted by Crippen LogP contribution is -2.24. The van der Waals surface area contributed by atoms with Crippen molar-refractivity contribution in [1.29, 1.82) is 0 Å². The Morgan fingerprint density at radius 3 is 2.46 bits per heavy atom. The first kappa shape index (κ1) is 19.1. The van der Waals surface area contributed by atoms with Crippen LogP contribution in [0.3, 0.4) is 0 Å². The zero-order chi connectivity index (χ0) is 19.3. The van der Waals surface area contributed by atoms with Crippen molar-refractivity contribution < 1.29 is 23.9 Å². The molecule has 0 radical (unpaired) electrons. The molecule has 0 spiro atoms. The highest BCUT2D eigenvalue weighted by Crippen LogP contribution is 2.20. The van der Waals surface area contributed by atoms with Crippen LogP contribution in [0.15, 0.2) is 34.2 Å². The summed E-state index contributed by atoms with van der Waals surface area (Å²) in [7, 11) is 0. The molecule has 0 bridgehead atoms. The summed E-state index contributed by atoms with van der Waals surface area (Å²) in [5.41, 5.74) is -1.02. The molecule has 0 atom stereocenters. The van der Waals surface area contributed by atoms with Gasteiger partial charge in [-0.3, -0.25) is 24.2 Å². The van der Waals surface area contributed by atoms with E-state index in [0.717, 1.165) is 23.9 Å². The molecule has 9 nitrogen and oxygen atoms in total. The van der Waals surface area contributed by atoms with Gasteiger partial charge in [-0.15, -0.1) is 0 Å². The van der Waals surface area contributed by atoms with E-state index < -0.39 is 29.2 Å². The molecule has 0 aliphatic heterocycles. The first-order chi connectivity index (χ1) is 12.3. The third kappa shape index (κ3) is 5.14. The fourth-order valence-electron chi connectivity index (χ4n) is 1.81. The lowest BCUT2D eigenvalue weighted by atomic mass is 10.2. The SMILES string of the molecule is CC(=O)Nc1nc(SCC(=O)O)[nH]c(=O)c1NC(=O)c1ccc(F)cc1. The Morgan fingerprint density at radius 1 is 1.23 bits per heavy atom. The zero-order valence-corrected chi connectivity index (χ0v) is 14.1. The van der Waals surface area contributed by atoms with E-state index in [0.29, 0.717) is 0 Å². The number of carboxylic acids is 1. The van der Waals surface area contributed by atoms with Gasteiger partial charge in [-0.25, -0.2) is 9.37 Å². The number of carboxylic acid groups (broad SMARTS) is 1. The second-order valence-electron chi connectivity index (χ2n) is 4.92. The summed E-state index contributed by atoms with van der Waals surface area (Å²) in [5.74, 6) is -3.50. The summed E-state index contributed by atoms with van der Waals surface area (Å²) in [6.45, 7) is 1.18. The molecule has 0 aliphatic rings. The van der Waals surface area contributed by atoms with Gasteiger partial charge in [0.2, 0.25) is 5.91 Å². The lowest BCUT2D eigenvalue weighted by molar-refractivity contribution is -0.133. The third-order valence-corrected chi connectivity index (χ3v) is 3.73. The Bertz CT molecular complexity index is 913. The molecule has 0 saturated carbocycles. The Labute approximate surface area is 150 Å². The van der Waals surface area contributed by atoms with Gasteiger partial charge in [-0.1, -0.05) is 11.8 Å². The molecule has 0 fully saturated rings. The van der Waals surface area contributed by atoms with E-state index in [4.69, 9.17) is 5.11 Å². The second kappa shape index (κ2) is 8.25. The molecule has 1 heterocycles. The van der Waals surface area contributed by atoms with Crippen molar-refractivity contribution in [2.24, 2.45) is 0 Å². The normalized spacial score (nSPS) is 10.2. The predicted molar refractivity (Wildman–Crippen MR) is 91.9 cm³/mol. The molecule has 136 valence electrons. The second-order valence-corrected chi connectivity index (χ2v) is 5.88. The van der Waals surface area contributed by atoms with Crippen LogP contribution in [0.25, 0.3) is 0 Å². The largest absolute Gasteiger partial charge is 0.481 e. The Balaban J connectivity index is 2.34. The van der Waals surface area contributed by atoms with Gasteiger partial charge in [-0.2, -0.15) is 0 Å². The van der Waals surface area contributed by atoms with Crippen molar-refractivity contribution in [1.82, 2.24) is 9.97 Å². The summed E-state index contributed by atoms with van der Waals surface area (Å²) in [6, 6.07) is 4.61. The number of aromatic nitrogens is 2. The van der Waals surface area contributed by atoms with E-state index in [1.165, 1.54) is 19.1 Å². The number of benzene rings is 1. The van der Waals surface area contributed by atoms with Crippen molar-refractivity contribution in [2.45, 2.75) is 12.1 Å². The van der Waals surface area contributed by atoms with Gasteiger partial charge >= 0.3 is 5.97 Å². The maximum absolute atomic E-state index is 12.9.